The van der Waals surface area contributed by atoms with Gasteiger partial charge in [-0.1, -0.05) is 30.3 Å². The van der Waals surface area contributed by atoms with E-state index < -0.39 is 0 Å². The minimum atomic E-state index is 0.591. The number of likely N-dealkylation sites (tertiary alicyclic amines) is 2. The van der Waals surface area contributed by atoms with Gasteiger partial charge in [0.25, 0.3) is 0 Å². The van der Waals surface area contributed by atoms with E-state index >= 15 is 0 Å². The third-order valence-electron chi connectivity index (χ3n) is 5.58. The molecule has 2 heterocycles. The normalized spacial score (nSPS) is 24.4. The number of aliphatic imine (C=N–C) groups is 1. The maximum Gasteiger partial charge on any atom is 0.193 e. The third kappa shape index (κ3) is 5.21. The molecule has 1 aromatic rings. The zero-order valence-corrected chi connectivity index (χ0v) is 16.4. The van der Waals surface area contributed by atoms with Gasteiger partial charge in [-0.05, 0) is 38.3 Å². The Morgan fingerprint density at radius 2 is 2.08 bits per heavy atom. The van der Waals surface area contributed by atoms with Gasteiger partial charge >= 0.3 is 0 Å². The van der Waals surface area contributed by atoms with E-state index in [0.29, 0.717) is 12.0 Å². The number of hydrogen-bond acceptors (Lipinski definition) is 3. The molecule has 5 nitrogen and oxygen atoms in total. The second-order valence-electron chi connectivity index (χ2n) is 7.44. The topological polar surface area (TPSA) is 40.1 Å². The molecule has 1 aromatic carbocycles. The first-order valence-electron chi connectivity index (χ1n) is 10.1. The van der Waals surface area contributed by atoms with Crippen molar-refractivity contribution in [2.45, 2.75) is 38.8 Å². The van der Waals surface area contributed by atoms with Gasteiger partial charge < -0.3 is 15.0 Å². The Kier molecular flexibility index (Phi) is 7.32. The maximum atomic E-state index is 5.60. The van der Waals surface area contributed by atoms with Gasteiger partial charge in [0, 0.05) is 51.8 Å². The van der Waals surface area contributed by atoms with Gasteiger partial charge in [0.05, 0.1) is 6.61 Å². The Balaban J connectivity index is 1.47. The molecule has 144 valence electrons. The van der Waals surface area contributed by atoms with Crippen LogP contribution in [0.25, 0.3) is 0 Å². The highest BCUT2D eigenvalue weighted by atomic mass is 16.5. The zero-order chi connectivity index (χ0) is 18.2. The van der Waals surface area contributed by atoms with Crippen molar-refractivity contribution >= 4 is 5.96 Å². The molecule has 1 N–H and O–H groups in total. The van der Waals surface area contributed by atoms with Crippen molar-refractivity contribution in [1.82, 2.24) is 15.1 Å². The molecule has 0 spiro atoms. The number of rotatable bonds is 7. The van der Waals surface area contributed by atoms with Crippen molar-refractivity contribution in [3.05, 3.63) is 35.9 Å². The van der Waals surface area contributed by atoms with Crippen LogP contribution in [-0.4, -0.2) is 68.2 Å². The van der Waals surface area contributed by atoms with Crippen LogP contribution in [0.3, 0.4) is 0 Å². The van der Waals surface area contributed by atoms with Gasteiger partial charge in [-0.2, -0.15) is 0 Å². The van der Waals surface area contributed by atoms with Crippen LogP contribution in [0.4, 0.5) is 0 Å². The van der Waals surface area contributed by atoms with Gasteiger partial charge in [0.1, 0.15) is 0 Å². The quantitative estimate of drug-likeness (QED) is 0.601. The highest BCUT2D eigenvalue weighted by Crippen LogP contribution is 2.20. The van der Waals surface area contributed by atoms with E-state index in [-0.39, 0.29) is 0 Å². The molecule has 2 aliphatic rings. The minimum Gasteiger partial charge on any atom is -0.381 e. The number of hydrogen-bond donors (Lipinski definition) is 1. The van der Waals surface area contributed by atoms with Crippen LogP contribution >= 0.6 is 0 Å². The molecular formula is C21H34N4O. The van der Waals surface area contributed by atoms with E-state index in [0.717, 1.165) is 45.4 Å². The summed E-state index contributed by atoms with van der Waals surface area (Å²) in [5, 5.41) is 3.64. The molecule has 0 saturated carbocycles. The molecule has 0 radical (unpaired) electrons. The second kappa shape index (κ2) is 9.93. The molecule has 3 rings (SSSR count). The lowest BCUT2D eigenvalue weighted by Gasteiger charge is -2.28. The van der Waals surface area contributed by atoms with E-state index in [1.807, 2.05) is 7.05 Å². The predicted octanol–water partition coefficient (Wildman–Crippen LogP) is 2.58. The van der Waals surface area contributed by atoms with E-state index in [1.54, 1.807) is 0 Å². The first-order valence-corrected chi connectivity index (χ1v) is 10.1. The molecular weight excluding hydrogens is 324 g/mol. The number of nitrogens with zero attached hydrogens (tertiary/aromatic N) is 3. The van der Waals surface area contributed by atoms with E-state index in [1.165, 1.54) is 31.4 Å². The van der Waals surface area contributed by atoms with Crippen molar-refractivity contribution in [3.8, 4) is 0 Å². The van der Waals surface area contributed by atoms with Crippen molar-refractivity contribution < 1.29 is 4.74 Å². The van der Waals surface area contributed by atoms with Gasteiger partial charge in [-0.3, -0.25) is 9.89 Å². The summed E-state index contributed by atoms with van der Waals surface area (Å²) >= 11 is 0. The molecule has 0 aromatic heterocycles. The first-order chi connectivity index (χ1) is 12.8. The summed E-state index contributed by atoms with van der Waals surface area (Å²) < 4.78 is 5.60. The van der Waals surface area contributed by atoms with Crippen LogP contribution in [0, 0.1) is 5.92 Å². The van der Waals surface area contributed by atoms with Crippen molar-refractivity contribution in [1.29, 1.82) is 0 Å². The van der Waals surface area contributed by atoms with Crippen LogP contribution in [0.2, 0.25) is 0 Å². The Bertz CT molecular complexity index is 562. The van der Waals surface area contributed by atoms with Gasteiger partial charge in [-0.25, -0.2) is 0 Å². The smallest absolute Gasteiger partial charge is 0.193 e. The maximum absolute atomic E-state index is 5.60. The summed E-state index contributed by atoms with van der Waals surface area (Å²) in [4.78, 5) is 9.52. The van der Waals surface area contributed by atoms with Crippen molar-refractivity contribution in [2.75, 3.05) is 46.4 Å². The number of benzene rings is 1. The molecule has 2 fully saturated rings. The van der Waals surface area contributed by atoms with Crippen LogP contribution in [0.15, 0.2) is 35.3 Å². The summed E-state index contributed by atoms with van der Waals surface area (Å²) in [5.41, 5.74) is 1.40. The molecule has 2 aliphatic heterocycles. The zero-order valence-electron chi connectivity index (χ0n) is 16.4. The molecule has 2 saturated heterocycles. The fourth-order valence-corrected chi connectivity index (χ4v) is 4.14. The van der Waals surface area contributed by atoms with Crippen molar-refractivity contribution in [2.24, 2.45) is 10.9 Å². The van der Waals surface area contributed by atoms with E-state index in [4.69, 9.17) is 4.74 Å². The van der Waals surface area contributed by atoms with Crippen LogP contribution in [0.5, 0.6) is 0 Å². The Morgan fingerprint density at radius 1 is 1.23 bits per heavy atom. The molecule has 0 amide bonds. The highest BCUT2D eigenvalue weighted by Gasteiger charge is 2.27. The molecule has 2 unspecified atom stereocenters. The van der Waals surface area contributed by atoms with E-state index in [9.17, 15) is 0 Å². The Hall–Kier alpha value is -1.59. The number of ether oxygens (including phenoxy) is 1. The molecule has 0 aliphatic carbocycles. The van der Waals surface area contributed by atoms with Crippen LogP contribution in [0.1, 0.15) is 31.7 Å². The summed E-state index contributed by atoms with van der Waals surface area (Å²) in [5.74, 6) is 1.69. The average molecular weight is 359 g/mol. The van der Waals surface area contributed by atoms with Crippen LogP contribution in [-0.2, 0) is 11.3 Å². The summed E-state index contributed by atoms with van der Waals surface area (Å²) in [6.07, 6.45) is 3.76. The highest BCUT2D eigenvalue weighted by molar-refractivity contribution is 5.80. The largest absolute Gasteiger partial charge is 0.381 e. The Morgan fingerprint density at radius 3 is 2.85 bits per heavy atom. The minimum absolute atomic E-state index is 0.591. The van der Waals surface area contributed by atoms with Crippen molar-refractivity contribution in [3.63, 3.8) is 0 Å². The molecule has 2 atom stereocenters. The number of guanidine groups is 1. The lowest BCUT2D eigenvalue weighted by Crippen LogP contribution is -2.46. The Labute approximate surface area is 158 Å². The lowest BCUT2D eigenvalue weighted by atomic mass is 10.1. The van der Waals surface area contributed by atoms with Crippen LogP contribution < -0.4 is 5.32 Å². The average Bonchev–Trinajstić information content (AvgIpc) is 3.31. The summed E-state index contributed by atoms with van der Waals surface area (Å²) in [6.45, 7) is 9.10. The van der Waals surface area contributed by atoms with Gasteiger partial charge in [0.2, 0.25) is 0 Å². The summed E-state index contributed by atoms with van der Waals surface area (Å²) in [6, 6.07) is 11.4. The lowest BCUT2D eigenvalue weighted by molar-refractivity contribution is 0.114. The first kappa shape index (κ1) is 19.2. The third-order valence-corrected chi connectivity index (χ3v) is 5.58. The second-order valence-corrected chi connectivity index (χ2v) is 7.44. The SMILES string of the molecule is CCOCC1CCN(C(=NC)NCC2CCCN2Cc2ccccc2)C1. The van der Waals surface area contributed by atoms with Gasteiger partial charge in [-0.15, -0.1) is 0 Å². The van der Waals surface area contributed by atoms with Gasteiger partial charge in [0.15, 0.2) is 5.96 Å². The molecule has 0 bridgehead atoms. The predicted molar refractivity (Wildman–Crippen MR) is 107 cm³/mol. The van der Waals surface area contributed by atoms with E-state index in [2.05, 4.69) is 57.4 Å². The molecule has 5 heteroatoms. The fraction of sp³-hybridized carbons (Fsp3) is 0.667. The fourth-order valence-electron chi connectivity index (χ4n) is 4.14. The number of nitrogens with one attached hydrogen (secondary N) is 1. The monoisotopic (exact) mass is 358 g/mol. The molecule has 26 heavy (non-hydrogen) atoms. The summed E-state index contributed by atoms with van der Waals surface area (Å²) in [7, 11) is 1.90. The standard InChI is InChI=1S/C21H34N4O/c1-3-26-17-19-11-13-25(16-19)21(22-2)23-14-20-10-7-12-24(20)15-18-8-5-4-6-9-18/h4-6,8-9,19-20H,3,7,10-17H2,1-2H3,(H,22,23).